The second-order valence-corrected chi connectivity index (χ2v) is 5.13. The Kier molecular flexibility index (Phi) is 4.27. The summed E-state index contributed by atoms with van der Waals surface area (Å²) in [6, 6.07) is 6.31. The second kappa shape index (κ2) is 6.51. The van der Waals surface area contributed by atoms with Crippen LogP contribution >= 0.6 is 0 Å². The Morgan fingerprint density at radius 3 is 1.68 bits per heavy atom. The molecule has 0 bridgehead atoms. The SMILES string of the molecule is O=C(O[C@H]1CCCC[C@H]1OC(=O)c1ccco1)c1ccco1. The van der Waals surface area contributed by atoms with E-state index in [1.165, 1.54) is 24.7 Å². The first-order valence-corrected chi connectivity index (χ1v) is 7.23. The first kappa shape index (κ1) is 14.4. The maximum atomic E-state index is 12.0. The van der Waals surface area contributed by atoms with Crippen molar-refractivity contribution in [3.63, 3.8) is 0 Å². The molecule has 0 spiro atoms. The van der Waals surface area contributed by atoms with Gasteiger partial charge in [0.25, 0.3) is 0 Å². The van der Waals surface area contributed by atoms with Crippen LogP contribution in [0.3, 0.4) is 0 Å². The molecule has 1 fully saturated rings. The smallest absolute Gasteiger partial charge is 0.374 e. The third kappa shape index (κ3) is 3.21. The number of esters is 2. The molecular weight excluding hydrogens is 288 g/mol. The molecule has 0 amide bonds. The van der Waals surface area contributed by atoms with E-state index in [2.05, 4.69) is 0 Å². The van der Waals surface area contributed by atoms with Gasteiger partial charge in [0.15, 0.2) is 0 Å². The molecule has 0 unspecified atom stereocenters. The highest BCUT2D eigenvalue weighted by atomic mass is 16.6. The molecule has 2 heterocycles. The maximum Gasteiger partial charge on any atom is 0.374 e. The minimum absolute atomic E-state index is 0.140. The molecule has 0 aromatic carbocycles. The average molecular weight is 304 g/mol. The molecule has 0 N–H and O–H groups in total. The van der Waals surface area contributed by atoms with Gasteiger partial charge in [-0.25, -0.2) is 9.59 Å². The van der Waals surface area contributed by atoms with Crippen molar-refractivity contribution in [1.82, 2.24) is 0 Å². The predicted octanol–water partition coefficient (Wildman–Crippen LogP) is 3.20. The summed E-state index contributed by atoms with van der Waals surface area (Å²) in [4.78, 5) is 23.9. The van der Waals surface area contributed by atoms with Crippen LogP contribution in [0.2, 0.25) is 0 Å². The van der Waals surface area contributed by atoms with E-state index in [1.54, 1.807) is 12.1 Å². The highest BCUT2D eigenvalue weighted by Gasteiger charge is 2.33. The van der Waals surface area contributed by atoms with Gasteiger partial charge in [-0.15, -0.1) is 0 Å². The maximum absolute atomic E-state index is 12.0. The van der Waals surface area contributed by atoms with E-state index < -0.39 is 24.1 Å². The normalized spacial score (nSPS) is 21.3. The molecule has 2 aromatic heterocycles. The molecule has 1 saturated carbocycles. The number of hydrogen-bond donors (Lipinski definition) is 0. The van der Waals surface area contributed by atoms with Crippen molar-refractivity contribution < 1.29 is 27.9 Å². The molecule has 1 aliphatic carbocycles. The fourth-order valence-corrected chi connectivity index (χ4v) is 2.51. The summed E-state index contributed by atoms with van der Waals surface area (Å²) in [6.07, 6.45) is 5.04. The summed E-state index contributed by atoms with van der Waals surface area (Å²) in [7, 11) is 0. The van der Waals surface area contributed by atoms with Crippen LogP contribution in [0.1, 0.15) is 46.8 Å². The Hall–Kier alpha value is -2.50. The van der Waals surface area contributed by atoms with Crippen LogP contribution < -0.4 is 0 Å². The Morgan fingerprint density at radius 2 is 1.32 bits per heavy atom. The number of carbonyl (C=O) groups excluding carboxylic acids is 2. The number of carbonyl (C=O) groups is 2. The minimum atomic E-state index is -0.545. The van der Waals surface area contributed by atoms with Crippen LogP contribution in [0, 0.1) is 0 Å². The van der Waals surface area contributed by atoms with Gasteiger partial charge in [-0.3, -0.25) is 0 Å². The zero-order valence-corrected chi connectivity index (χ0v) is 11.9. The minimum Gasteiger partial charge on any atom is -0.457 e. The summed E-state index contributed by atoms with van der Waals surface area (Å²) in [5.74, 6) is -0.810. The van der Waals surface area contributed by atoms with E-state index in [1.807, 2.05) is 0 Å². The first-order chi connectivity index (χ1) is 10.7. The van der Waals surface area contributed by atoms with Crippen molar-refractivity contribution in [3.8, 4) is 0 Å². The summed E-state index contributed by atoms with van der Waals surface area (Å²) in [5.41, 5.74) is 0. The van der Waals surface area contributed by atoms with Crippen molar-refractivity contribution in [2.75, 3.05) is 0 Å². The van der Waals surface area contributed by atoms with Crippen molar-refractivity contribution in [3.05, 3.63) is 48.3 Å². The zero-order chi connectivity index (χ0) is 15.4. The van der Waals surface area contributed by atoms with Crippen LogP contribution in [0.4, 0.5) is 0 Å². The van der Waals surface area contributed by atoms with Crippen LogP contribution in [-0.4, -0.2) is 24.1 Å². The Labute approximate surface area is 127 Å². The van der Waals surface area contributed by atoms with Crippen LogP contribution in [-0.2, 0) is 9.47 Å². The van der Waals surface area contributed by atoms with Crippen LogP contribution in [0.15, 0.2) is 45.6 Å². The number of rotatable bonds is 4. The van der Waals surface area contributed by atoms with Gasteiger partial charge < -0.3 is 18.3 Å². The number of ether oxygens (including phenoxy) is 2. The molecule has 2 aromatic rings. The Bertz CT molecular complexity index is 557. The molecule has 2 atom stereocenters. The van der Waals surface area contributed by atoms with E-state index in [-0.39, 0.29) is 11.5 Å². The van der Waals surface area contributed by atoms with Gasteiger partial charge >= 0.3 is 11.9 Å². The zero-order valence-electron chi connectivity index (χ0n) is 11.9. The van der Waals surface area contributed by atoms with Gasteiger partial charge in [-0.1, -0.05) is 0 Å². The average Bonchev–Trinajstić information content (AvgIpc) is 3.23. The van der Waals surface area contributed by atoms with Crippen molar-refractivity contribution in [2.24, 2.45) is 0 Å². The number of furan rings is 2. The lowest BCUT2D eigenvalue weighted by molar-refractivity contribution is -0.0539. The molecule has 6 heteroatoms. The fourth-order valence-electron chi connectivity index (χ4n) is 2.51. The highest BCUT2D eigenvalue weighted by Crippen LogP contribution is 2.26. The summed E-state index contributed by atoms with van der Waals surface area (Å²) >= 11 is 0. The quantitative estimate of drug-likeness (QED) is 0.807. The molecule has 6 nitrogen and oxygen atoms in total. The van der Waals surface area contributed by atoms with Crippen LogP contribution in [0.5, 0.6) is 0 Å². The van der Waals surface area contributed by atoms with Crippen molar-refractivity contribution in [1.29, 1.82) is 0 Å². The fraction of sp³-hybridized carbons (Fsp3) is 0.375. The largest absolute Gasteiger partial charge is 0.457 e. The van der Waals surface area contributed by atoms with E-state index in [0.29, 0.717) is 12.8 Å². The van der Waals surface area contributed by atoms with Crippen molar-refractivity contribution >= 4 is 11.9 Å². The van der Waals surface area contributed by atoms with Gasteiger partial charge in [0.05, 0.1) is 12.5 Å². The van der Waals surface area contributed by atoms with Gasteiger partial charge in [-0.2, -0.15) is 0 Å². The lowest BCUT2D eigenvalue weighted by atomic mass is 9.94. The van der Waals surface area contributed by atoms with E-state index >= 15 is 0 Å². The van der Waals surface area contributed by atoms with Crippen LogP contribution in [0.25, 0.3) is 0 Å². The molecule has 1 aliphatic rings. The second-order valence-electron chi connectivity index (χ2n) is 5.13. The monoisotopic (exact) mass is 304 g/mol. The van der Waals surface area contributed by atoms with Gasteiger partial charge in [0.1, 0.15) is 12.2 Å². The van der Waals surface area contributed by atoms with Crippen molar-refractivity contribution in [2.45, 2.75) is 37.9 Å². The first-order valence-electron chi connectivity index (χ1n) is 7.23. The van der Waals surface area contributed by atoms with E-state index in [9.17, 15) is 9.59 Å². The lowest BCUT2D eigenvalue weighted by Crippen LogP contribution is -2.37. The van der Waals surface area contributed by atoms with Gasteiger partial charge in [-0.05, 0) is 49.9 Å². The molecular formula is C16H16O6. The van der Waals surface area contributed by atoms with E-state index in [4.69, 9.17) is 18.3 Å². The molecule has 116 valence electrons. The van der Waals surface area contributed by atoms with E-state index in [0.717, 1.165) is 12.8 Å². The standard InChI is InChI=1S/C16H16O6/c17-15(13-7-3-9-19-13)21-11-5-1-2-6-12(11)22-16(18)14-8-4-10-20-14/h3-4,7-12H,1-2,5-6H2/t11-,12+. The summed E-state index contributed by atoms with van der Waals surface area (Å²) < 4.78 is 20.9. The summed E-state index contributed by atoms with van der Waals surface area (Å²) in [6.45, 7) is 0. The molecule has 22 heavy (non-hydrogen) atoms. The number of hydrogen-bond acceptors (Lipinski definition) is 6. The van der Waals surface area contributed by atoms with Gasteiger partial charge in [0.2, 0.25) is 11.5 Å². The Morgan fingerprint density at radius 1 is 0.864 bits per heavy atom. The third-order valence-corrected chi connectivity index (χ3v) is 3.60. The molecule has 3 rings (SSSR count). The Balaban J connectivity index is 1.63. The highest BCUT2D eigenvalue weighted by molar-refractivity contribution is 5.87. The van der Waals surface area contributed by atoms with Gasteiger partial charge in [0, 0.05) is 0 Å². The predicted molar refractivity (Wildman–Crippen MR) is 74.3 cm³/mol. The third-order valence-electron chi connectivity index (χ3n) is 3.60. The molecule has 0 aliphatic heterocycles. The topological polar surface area (TPSA) is 78.9 Å². The lowest BCUT2D eigenvalue weighted by Gasteiger charge is -2.30. The summed E-state index contributed by atoms with van der Waals surface area (Å²) in [5, 5.41) is 0. The molecule has 0 saturated heterocycles. The molecule has 0 radical (unpaired) electrons.